The summed E-state index contributed by atoms with van der Waals surface area (Å²) in [6.45, 7) is 4.73. The molecular formula is C24H46. The van der Waals surface area contributed by atoms with Gasteiger partial charge in [0.25, 0.3) is 0 Å². The molecule has 0 aromatic carbocycles. The molecule has 24 heavy (non-hydrogen) atoms. The predicted molar refractivity (Wildman–Crippen MR) is 108 cm³/mol. The van der Waals surface area contributed by atoms with Gasteiger partial charge in [0.2, 0.25) is 0 Å². The first-order valence-corrected chi connectivity index (χ1v) is 11.8. The van der Waals surface area contributed by atoms with E-state index in [9.17, 15) is 0 Å². The third-order valence-electron chi connectivity index (χ3n) is 7.58. The van der Waals surface area contributed by atoms with Crippen molar-refractivity contribution in [3.8, 4) is 0 Å². The fourth-order valence-corrected chi connectivity index (χ4v) is 6.19. The van der Waals surface area contributed by atoms with Gasteiger partial charge >= 0.3 is 0 Å². The van der Waals surface area contributed by atoms with E-state index in [1.165, 1.54) is 83.5 Å². The Bertz CT molecular complexity index is 277. The van der Waals surface area contributed by atoms with Crippen molar-refractivity contribution in [2.45, 2.75) is 136 Å². The third kappa shape index (κ3) is 5.77. The Balaban J connectivity index is 1.89. The molecule has 0 spiro atoms. The molecule has 2 rings (SSSR count). The molecule has 0 aromatic heterocycles. The molecule has 0 radical (unpaired) electrons. The van der Waals surface area contributed by atoms with Gasteiger partial charge in [-0.15, -0.1) is 0 Å². The highest BCUT2D eigenvalue weighted by Gasteiger charge is 2.45. The zero-order valence-electron chi connectivity index (χ0n) is 17.1. The quantitative estimate of drug-likeness (QED) is 0.295. The van der Waals surface area contributed by atoms with E-state index in [0.29, 0.717) is 0 Å². The van der Waals surface area contributed by atoms with Crippen LogP contribution < -0.4 is 0 Å². The van der Waals surface area contributed by atoms with Gasteiger partial charge in [0.05, 0.1) is 0 Å². The summed E-state index contributed by atoms with van der Waals surface area (Å²) < 4.78 is 0. The van der Waals surface area contributed by atoms with E-state index in [1.54, 1.807) is 38.5 Å². The first-order valence-electron chi connectivity index (χ1n) is 11.8. The molecule has 2 saturated carbocycles. The maximum Gasteiger partial charge on any atom is -0.0241 e. The third-order valence-corrected chi connectivity index (χ3v) is 7.58. The largest absolute Gasteiger partial charge is 0.0654 e. The number of unbranched alkanes of at least 4 members (excludes halogenated alkanes) is 7. The van der Waals surface area contributed by atoms with Crippen LogP contribution in [0.4, 0.5) is 0 Å². The molecule has 0 atom stereocenters. The van der Waals surface area contributed by atoms with E-state index in [1.807, 2.05) is 0 Å². The molecule has 0 bridgehead atoms. The minimum Gasteiger partial charge on any atom is -0.0654 e. The van der Waals surface area contributed by atoms with Crippen molar-refractivity contribution in [2.24, 2.45) is 17.3 Å². The minimum atomic E-state index is 0.756. The average Bonchev–Trinajstić information content (AvgIpc) is 3.31. The van der Waals surface area contributed by atoms with Gasteiger partial charge in [-0.2, -0.15) is 0 Å². The highest BCUT2D eigenvalue weighted by atomic mass is 14.5. The van der Waals surface area contributed by atoms with Crippen molar-refractivity contribution in [1.29, 1.82) is 0 Å². The van der Waals surface area contributed by atoms with Crippen LogP contribution in [0.5, 0.6) is 0 Å². The number of hydrogen-bond donors (Lipinski definition) is 0. The summed E-state index contributed by atoms with van der Waals surface area (Å²) in [5.74, 6) is 2.18. The highest BCUT2D eigenvalue weighted by Crippen LogP contribution is 2.56. The van der Waals surface area contributed by atoms with E-state index in [-0.39, 0.29) is 0 Å². The van der Waals surface area contributed by atoms with Crippen LogP contribution in [0.1, 0.15) is 136 Å². The molecular weight excluding hydrogens is 288 g/mol. The monoisotopic (exact) mass is 334 g/mol. The lowest BCUT2D eigenvalue weighted by Gasteiger charge is -2.45. The van der Waals surface area contributed by atoms with Crippen LogP contribution in [0.3, 0.4) is 0 Å². The smallest absolute Gasteiger partial charge is 0.0241 e. The fourth-order valence-electron chi connectivity index (χ4n) is 6.19. The second-order valence-electron chi connectivity index (χ2n) is 9.17. The summed E-state index contributed by atoms with van der Waals surface area (Å²) in [5, 5.41) is 0. The second kappa shape index (κ2) is 11.6. The molecule has 0 amide bonds. The maximum atomic E-state index is 2.40. The predicted octanol–water partition coefficient (Wildman–Crippen LogP) is 8.68. The topological polar surface area (TPSA) is 0 Å². The standard InChI is InChI=1S/C24H46/c1-3-5-7-8-9-10-15-21-24(20-6-4-2,22-16-11-12-17-22)23-18-13-14-19-23/h22-23H,3-21H2,1-2H3. The van der Waals surface area contributed by atoms with Gasteiger partial charge in [-0.05, 0) is 55.8 Å². The SMILES string of the molecule is CCCCCCCCCC(CCCC)(C1CCCC1)C1CCCC1. The lowest BCUT2D eigenvalue weighted by Crippen LogP contribution is -2.36. The molecule has 142 valence electrons. The lowest BCUT2D eigenvalue weighted by molar-refractivity contribution is 0.0452. The van der Waals surface area contributed by atoms with Gasteiger partial charge in [-0.1, -0.05) is 97.3 Å². The Morgan fingerprint density at radius 2 is 0.958 bits per heavy atom. The van der Waals surface area contributed by atoms with Crippen LogP contribution in [0.2, 0.25) is 0 Å². The van der Waals surface area contributed by atoms with Gasteiger partial charge in [-0.25, -0.2) is 0 Å². The van der Waals surface area contributed by atoms with Crippen molar-refractivity contribution in [2.75, 3.05) is 0 Å². The van der Waals surface area contributed by atoms with E-state index >= 15 is 0 Å². The van der Waals surface area contributed by atoms with Gasteiger partial charge in [-0.3, -0.25) is 0 Å². The van der Waals surface area contributed by atoms with Crippen LogP contribution in [-0.4, -0.2) is 0 Å². The molecule has 0 unspecified atom stereocenters. The summed E-state index contributed by atoms with van der Waals surface area (Å²) in [4.78, 5) is 0. The second-order valence-corrected chi connectivity index (χ2v) is 9.17. The summed E-state index contributed by atoms with van der Waals surface area (Å²) in [5.41, 5.74) is 0.756. The van der Waals surface area contributed by atoms with Gasteiger partial charge in [0, 0.05) is 0 Å². The van der Waals surface area contributed by atoms with Gasteiger partial charge in [0.1, 0.15) is 0 Å². The molecule has 0 saturated heterocycles. The van der Waals surface area contributed by atoms with E-state index < -0.39 is 0 Å². The fraction of sp³-hybridized carbons (Fsp3) is 1.00. The van der Waals surface area contributed by atoms with Crippen LogP contribution in [0.15, 0.2) is 0 Å². The van der Waals surface area contributed by atoms with E-state index in [2.05, 4.69) is 13.8 Å². The van der Waals surface area contributed by atoms with Crippen molar-refractivity contribution in [3.63, 3.8) is 0 Å². The highest BCUT2D eigenvalue weighted by molar-refractivity contribution is 4.95. The Kier molecular flexibility index (Phi) is 9.80. The Labute approximate surface area is 153 Å². The molecule has 0 N–H and O–H groups in total. The molecule has 0 heteroatoms. The maximum absolute atomic E-state index is 2.40. The van der Waals surface area contributed by atoms with Crippen LogP contribution >= 0.6 is 0 Å². The van der Waals surface area contributed by atoms with E-state index in [0.717, 1.165) is 17.3 Å². The first-order chi connectivity index (χ1) is 11.8. The van der Waals surface area contributed by atoms with Crippen molar-refractivity contribution < 1.29 is 0 Å². The zero-order chi connectivity index (χ0) is 17.1. The normalized spacial score (nSPS) is 20.2. The molecule has 2 aliphatic rings. The Hall–Kier alpha value is 0. The van der Waals surface area contributed by atoms with Gasteiger partial charge in [0.15, 0.2) is 0 Å². The number of hydrogen-bond acceptors (Lipinski definition) is 0. The van der Waals surface area contributed by atoms with E-state index in [4.69, 9.17) is 0 Å². The summed E-state index contributed by atoms with van der Waals surface area (Å²) in [7, 11) is 0. The van der Waals surface area contributed by atoms with Crippen LogP contribution in [0.25, 0.3) is 0 Å². The zero-order valence-corrected chi connectivity index (χ0v) is 17.1. The minimum absolute atomic E-state index is 0.756. The van der Waals surface area contributed by atoms with Crippen molar-refractivity contribution >= 4 is 0 Å². The summed E-state index contributed by atoms with van der Waals surface area (Å²) in [6, 6.07) is 0. The Morgan fingerprint density at radius 1 is 0.542 bits per heavy atom. The Morgan fingerprint density at radius 3 is 1.46 bits per heavy atom. The first kappa shape index (κ1) is 20.3. The molecule has 0 nitrogen and oxygen atoms in total. The molecule has 0 aliphatic heterocycles. The van der Waals surface area contributed by atoms with Crippen molar-refractivity contribution in [1.82, 2.24) is 0 Å². The van der Waals surface area contributed by atoms with Gasteiger partial charge < -0.3 is 0 Å². The molecule has 2 fully saturated rings. The lowest BCUT2D eigenvalue weighted by atomic mass is 9.60. The van der Waals surface area contributed by atoms with Crippen LogP contribution in [-0.2, 0) is 0 Å². The van der Waals surface area contributed by atoms with Crippen LogP contribution in [0, 0.1) is 17.3 Å². The summed E-state index contributed by atoms with van der Waals surface area (Å²) >= 11 is 0. The average molecular weight is 335 g/mol. The molecule has 2 aliphatic carbocycles. The number of rotatable bonds is 13. The summed E-state index contributed by atoms with van der Waals surface area (Å²) in [6.07, 6.45) is 28.8. The molecule has 0 aromatic rings. The van der Waals surface area contributed by atoms with Crippen molar-refractivity contribution in [3.05, 3.63) is 0 Å². The molecule has 0 heterocycles.